The average Bonchev–Trinajstić information content (AvgIpc) is 2.61. The van der Waals surface area contributed by atoms with E-state index in [1.807, 2.05) is 0 Å². The van der Waals surface area contributed by atoms with Crippen molar-refractivity contribution in [2.45, 2.75) is 13.5 Å². The third kappa shape index (κ3) is 2.62. The van der Waals surface area contributed by atoms with Gasteiger partial charge in [0.05, 0.1) is 16.8 Å². The summed E-state index contributed by atoms with van der Waals surface area (Å²) in [4.78, 5) is 2.87. The van der Waals surface area contributed by atoms with E-state index in [-0.39, 0.29) is 23.9 Å². The Morgan fingerprint density at radius 1 is 1.44 bits per heavy atom. The first-order valence-corrected chi connectivity index (χ1v) is 7.74. The van der Waals surface area contributed by atoms with Crippen LogP contribution in [-0.2, 0) is 16.4 Å². The van der Waals surface area contributed by atoms with Gasteiger partial charge < -0.3 is 9.55 Å². The Bertz CT molecular complexity index is 731. The van der Waals surface area contributed by atoms with Crippen LogP contribution in [0.25, 0.3) is 11.0 Å². The number of nitrogens with zero attached hydrogens (tertiary/aromatic N) is 1. The molecular formula is C11H13FN2O2S2. The predicted molar refractivity (Wildman–Crippen MR) is 71.4 cm³/mol. The molecule has 1 aromatic heterocycles. The van der Waals surface area contributed by atoms with E-state index >= 15 is 0 Å². The minimum atomic E-state index is -3.04. The number of H-pyrrole nitrogens is 1. The molecule has 0 bridgehead atoms. The summed E-state index contributed by atoms with van der Waals surface area (Å²) in [5.41, 5.74) is 1.29. The quantitative estimate of drug-likeness (QED) is 0.878. The number of aromatic amines is 1. The summed E-state index contributed by atoms with van der Waals surface area (Å²) in [7, 11) is -3.04. The van der Waals surface area contributed by atoms with E-state index in [4.69, 9.17) is 12.2 Å². The number of rotatable bonds is 4. The van der Waals surface area contributed by atoms with Gasteiger partial charge in [-0.1, -0.05) is 6.92 Å². The molecule has 2 aromatic rings. The molecule has 0 spiro atoms. The maximum Gasteiger partial charge on any atom is 0.178 e. The summed E-state index contributed by atoms with van der Waals surface area (Å²) in [6.07, 6.45) is 0. The molecule has 4 nitrogen and oxygen atoms in total. The lowest BCUT2D eigenvalue weighted by molar-refractivity contribution is 0.590. The topological polar surface area (TPSA) is 54.9 Å². The second kappa shape index (κ2) is 4.81. The highest BCUT2D eigenvalue weighted by molar-refractivity contribution is 7.91. The number of nitrogens with one attached hydrogen (secondary N) is 1. The van der Waals surface area contributed by atoms with Crippen molar-refractivity contribution in [3.05, 3.63) is 28.8 Å². The zero-order chi connectivity index (χ0) is 13.3. The fourth-order valence-corrected chi connectivity index (χ4v) is 2.78. The number of hydrogen-bond acceptors (Lipinski definition) is 3. The van der Waals surface area contributed by atoms with E-state index in [1.54, 1.807) is 17.6 Å². The normalized spacial score (nSPS) is 12.1. The lowest BCUT2D eigenvalue weighted by Gasteiger charge is -2.04. The number of hydrogen-bond donors (Lipinski definition) is 1. The van der Waals surface area contributed by atoms with Crippen molar-refractivity contribution in [1.82, 2.24) is 9.55 Å². The van der Waals surface area contributed by atoms with Gasteiger partial charge in [-0.2, -0.15) is 0 Å². The first kappa shape index (κ1) is 13.2. The number of sulfone groups is 1. The van der Waals surface area contributed by atoms with Crippen molar-refractivity contribution in [2.24, 2.45) is 0 Å². The molecule has 0 saturated heterocycles. The Kier molecular flexibility index (Phi) is 3.54. The van der Waals surface area contributed by atoms with Gasteiger partial charge in [0.25, 0.3) is 0 Å². The van der Waals surface area contributed by atoms with Gasteiger partial charge in [-0.05, 0) is 30.4 Å². The molecule has 0 saturated carbocycles. The first-order chi connectivity index (χ1) is 8.43. The second-order valence-electron chi connectivity index (χ2n) is 3.98. The standard InChI is InChI=1S/C11H13FN2O2S2/c1-2-18(15,16)6-5-14-10-4-3-8(12)7-9(10)13-11(14)17/h3-4,7H,2,5-6H2,1H3,(H,13,17). The van der Waals surface area contributed by atoms with Crippen molar-refractivity contribution in [2.75, 3.05) is 11.5 Å². The largest absolute Gasteiger partial charge is 0.330 e. The minimum absolute atomic E-state index is 0.0299. The van der Waals surface area contributed by atoms with Crippen molar-refractivity contribution in [3.8, 4) is 0 Å². The molecule has 98 valence electrons. The number of aryl methyl sites for hydroxylation is 1. The predicted octanol–water partition coefficient (Wildman–Crippen LogP) is 2.27. The van der Waals surface area contributed by atoms with Crippen LogP contribution in [0, 0.1) is 10.6 Å². The van der Waals surface area contributed by atoms with Crippen molar-refractivity contribution >= 4 is 33.1 Å². The van der Waals surface area contributed by atoms with Crippen molar-refractivity contribution in [1.29, 1.82) is 0 Å². The summed E-state index contributed by atoms with van der Waals surface area (Å²) in [6, 6.07) is 4.27. The van der Waals surface area contributed by atoms with E-state index in [0.717, 1.165) is 0 Å². The third-order valence-corrected chi connectivity index (χ3v) is 4.81. The van der Waals surface area contributed by atoms with Gasteiger partial charge in [-0.3, -0.25) is 0 Å². The molecule has 0 aliphatic heterocycles. The van der Waals surface area contributed by atoms with Gasteiger partial charge in [-0.25, -0.2) is 12.8 Å². The lowest BCUT2D eigenvalue weighted by Crippen LogP contribution is -2.14. The summed E-state index contributed by atoms with van der Waals surface area (Å²) >= 11 is 5.11. The molecule has 7 heteroatoms. The van der Waals surface area contributed by atoms with E-state index in [1.165, 1.54) is 12.1 Å². The van der Waals surface area contributed by atoms with Crippen LogP contribution in [0.3, 0.4) is 0 Å². The number of imidazole rings is 1. The van der Waals surface area contributed by atoms with E-state index in [2.05, 4.69) is 4.98 Å². The molecule has 2 rings (SSSR count). The molecule has 0 fully saturated rings. The molecule has 0 aliphatic rings. The van der Waals surface area contributed by atoms with Gasteiger partial charge in [0.15, 0.2) is 14.6 Å². The molecule has 0 radical (unpaired) electrons. The van der Waals surface area contributed by atoms with Crippen molar-refractivity contribution in [3.63, 3.8) is 0 Å². The zero-order valence-electron chi connectivity index (χ0n) is 9.81. The first-order valence-electron chi connectivity index (χ1n) is 5.51. The van der Waals surface area contributed by atoms with Crippen LogP contribution >= 0.6 is 12.2 Å². The molecule has 0 amide bonds. The molecule has 1 N–H and O–H groups in total. The molecule has 18 heavy (non-hydrogen) atoms. The molecule has 1 heterocycles. The van der Waals surface area contributed by atoms with Gasteiger partial charge >= 0.3 is 0 Å². The SMILES string of the molecule is CCS(=O)(=O)CCn1c(=S)[nH]c2cc(F)ccc21. The van der Waals surface area contributed by atoms with Gasteiger partial charge in [0.1, 0.15) is 5.82 Å². The van der Waals surface area contributed by atoms with Crippen LogP contribution in [0.2, 0.25) is 0 Å². The summed E-state index contributed by atoms with van der Waals surface area (Å²) in [6.45, 7) is 1.89. The third-order valence-electron chi connectivity index (χ3n) is 2.80. The Balaban J connectivity index is 2.40. The van der Waals surface area contributed by atoms with E-state index < -0.39 is 9.84 Å². The van der Waals surface area contributed by atoms with Gasteiger partial charge in [0, 0.05) is 12.3 Å². The van der Waals surface area contributed by atoms with Gasteiger partial charge in [-0.15, -0.1) is 0 Å². The Morgan fingerprint density at radius 2 is 2.17 bits per heavy atom. The van der Waals surface area contributed by atoms with Gasteiger partial charge in [0.2, 0.25) is 0 Å². The summed E-state index contributed by atoms with van der Waals surface area (Å²) < 4.78 is 38.1. The Hall–Kier alpha value is -1.21. The van der Waals surface area contributed by atoms with Crippen LogP contribution in [0.15, 0.2) is 18.2 Å². The fraction of sp³-hybridized carbons (Fsp3) is 0.364. The maximum absolute atomic E-state index is 13.0. The number of fused-ring (bicyclic) bond motifs is 1. The van der Waals surface area contributed by atoms with Crippen molar-refractivity contribution < 1.29 is 12.8 Å². The highest BCUT2D eigenvalue weighted by Crippen LogP contribution is 2.15. The maximum atomic E-state index is 13.0. The monoisotopic (exact) mass is 288 g/mol. The average molecular weight is 288 g/mol. The smallest absolute Gasteiger partial charge is 0.178 e. The van der Waals surface area contributed by atoms with Crippen LogP contribution in [-0.4, -0.2) is 29.5 Å². The fourth-order valence-electron chi connectivity index (χ4n) is 1.73. The Labute approximate surface area is 109 Å². The molecule has 0 unspecified atom stereocenters. The molecular weight excluding hydrogens is 275 g/mol. The van der Waals surface area contributed by atoms with E-state index in [9.17, 15) is 12.8 Å². The van der Waals surface area contributed by atoms with Crippen LogP contribution in [0.5, 0.6) is 0 Å². The highest BCUT2D eigenvalue weighted by atomic mass is 32.2. The Morgan fingerprint density at radius 3 is 2.83 bits per heavy atom. The number of benzene rings is 1. The highest BCUT2D eigenvalue weighted by Gasteiger charge is 2.10. The van der Waals surface area contributed by atoms with E-state index in [0.29, 0.717) is 15.8 Å². The minimum Gasteiger partial charge on any atom is -0.330 e. The summed E-state index contributed by atoms with van der Waals surface area (Å²) in [5, 5.41) is 0. The second-order valence-corrected chi connectivity index (χ2v) is 6.84. The molecule has 0 aliphatic carbocycles. The zero-order valence-corrected chi connectivity index (χ0v) is 11.4. The number of aromatic nitrogens is 2. The summed E-state index contributed by atoms with van der Waals surface area (Å²) in [5.74, 6) is -0.216. The lowest BCUT2D eigenvalue weighted by atomic mass is 10.3. The molecule has 0 atom stereocenters. The van der Waals surface area contributed by atoms with Crippen LogP contribution < -0.4 is 0 Å². The number of halogens is 1. The van der Waals surface area contributed by atoms with Crippen LogP contribution in [0.4, 0.5) is 4.39 Å². The molecule has 1 aromatic carbocycles. The van der Waals surface area contributed by atoms with Crippen LogP contribution in [0.1, 0.15) is 6.92 Å².